The molecule has 0 heterocycles. The van der Waals surface area contributed by atoms with Crippen LogP contribution in [0.2, 0.25) is 0 Å². The number of aryl methyl sites for hydroxylation is 1. The van der Waals surface area contributed by atoms with E-state index in [1.54, 1.807) is 29.2 Å². The van der Waals surface area contributed by atoms with E-state index in [2.05, 4.69) is 5.32 Å². The molecule has 0 bridgehead atoms. The number of carbonyl (C=O) groups excluding carboxylic acids is 2. The minimum atomic E-state index is -3.61. The van der Waals surface area contributed by atoms with Crippen molar-refractivity contribution in [3.05, 3.63) is 59.7 Å². The van der Waals surface area contributed by atoms with Gasteiger partial charge >= 0.3 is 0 Å². The zero-order valence-electron chi connectivity index (χ0n) is 23.7. The van der Waals surface area contributed by atoms with Gasteiger partial charge in [0.15, 0.2) is 0 Å². The zero-order chi connectivity index (χ0) is 28.4. The van der Waals surface area contributed by atoms with E-state index in [0.717, 1.165) is 43.1 Å². The third kappa shape index (κ3) is 8.71. The Hall–Kier alpha value is -3.07. The van der Waals surface area contributed by atoms with Crippen LogP contribution >= 0.6 is 0 Å². The molecule has 2 aromatic carbocycles. The van der Waals surface area contributed by atoms with E-state index in [-0.39, 0.29) is 30.8 Å². The van der Waals surface area contributed by atoms with Crippen LogP contribution in [0.15, 0.2) is 48.5 Å². The van der Waals surface area contributed by atoms with Crippen molar-refractivity contribution in [3.63, 3.8) is 0 Å². The van der Waals surface area contributed by atoms with E-state index >= 15 is 0 Å². The number of anilines is 1. The topological polar surface area (TPSA) is 96.0 Å². The second-order valence-electron chi connectivity index (χ2n) is 10.4. The standard InChI is InChI=1S/C30H43N3O5S/c1-5-26(30(35)31-25-12-7-6-8-13-25)32(22-24-19-17-23(2)18-20-24)29(34)16-11-21-33(39(4,36)37)27-14-9-10-15-28(27)38-3/h9-10,14-15,17-20,25-26H,5-8,11-13,16,21-22H2,1-4H3,(H,31,35)/t26-/m0/s1. The molecule has 1 aliphatic carbocycles. The van der Waals surface area contributed by atoms with Gasteiger partial charge in [-0.2, -0.15) is 0 Å². The molecule has 1 N–H and O–H groups in total. The molecule has 39 heavy (non-hydrogen) atoms. The first-order chi connectivity index (χ1) is 18.6. The highest BCUT2D eigenvalue weighted by atomic mass is 32.2. The minimum absolute atomic E-state index is 0.111. The first-order valence-electron chi connectivity index (χ1n) is 13.9. The maximum Gasteiger partial charge on any atom is 0.243 e. The lowest BCUT2D eigenvalue weighted by molar-refractivity contribution is -0.141. The molecule has 1 fully saturated rings. The molecule has 2 amide bonds. The van der Waals surface area contributed by atoms with Crippen LogP contribution in [0.1, 0.15) is 69.4 Å². The molecule has 0 aromatic heterocycles. The maximum absolute atomic E-state index is 13.7. The molecule has 2 aromatic rings. The summed E-state index contributed by atoms with van der Waals surface area (Å²) in [5.41, 5.74) is 2.50. The SMILES string of the molecule is CC[C@@H](C(=O)NC1CCCCC1)N(Cc1ccc(C)cc1)C(=O)CCCN(c1ccccc1OC)S(C)(=O)=O. The van der Waals surface area contributed by atoms with Gasteiger partial charge in [-0.25, -0.2) is 8.42 Å². The van der Waals surface area contributed by atoms with Gasteiger partial charge in [0, 0.05) is 25.6 Å². The molecule has 1 aliphatic rings. The van der Waals surface area contributed by atoms with Crippen molar-refractivity contribution in [2.75, 3.05) is 24.2 Å². The fourth-order valence-electron chi connectivity index (χ4n) is 5.17. The van der Waals surface area contributed by atoms with E-state index in [9.17, 15) is 18.0 Å². The average Bonchev–Trinajstić information content (AvgIpc) is 2.92. The molecular weight excluding hydrogens is 514 g/mol. The van der Waals surface area contributed by atoms with Crippen molar-refractivity contribution in [2.24, 2.45) is 0 Å². The van der Waals surface area contributed by atoms with Crippen molar-refractivity contribution in [3.8, 4) is 5.75 Å². The zero-order valence-corrected chi connectivity index (χ0v) is 24.5. The van der Waals surface area contributed by atoms with Crippen molar-refractivity contribution < 1.29 is 22.7 Å². The van der Waals surface area contributed by atoms with Gasteiger partial charge in [-0.3, -0.25) is 13.9 Å². The average molecular weight is 558 g/mol. The molecule has 3 rings (SSSR count). The Morgan fingerprint density at radius 2 is 1.72 bits per heavy atom. The number of methoxy groups -OCH3 is 1. The number of rotatable bonds is 13. The molecule has 0 spiro atoms. The normalized spacial score (nSPS) is 14.9. The van der Waals surface area contributed by atoms with Crippen LogP contribution in [0, 0.1) is 6.92 Å². The summed E-state index contributed by atoms with van der Waals surface area (Å²) in [4.78, 5) is 28.7. The van der Waals surface area contributed by atoms with Crippen LogP contribution in [0.4, 0.5) is 5.69 Å². The highest BCUT2D eigenvalue weighted by molar-refractivity contribution is 7.92. The Bertz CT molecular complexity index is 1190. The van der Waals surface area contributed by atoms with Crippen molar-refractivity contribution >= 4 is 27.5 Å². The van der Waals surface area contributed by atoms with Crippen molar-refractivity contribution in [1.29, 1.82) is 0 Å². The Morgan fingerprint density at radius 1 is 1.05 bits per heavy atom. The first-order valence-corrected chi connectivity index (χ1v) is 15.7. The van der Waals surface area contributed by atoms with Crippen LogP contribution in [0.3, 0.4) is 0 Å². The van der Waals surface area contributed by atoms with Crippen LogP contribution in [-0.2, 0) is 26.2 Å². The van der Waals surface area contributed by atoms with E-state index in [1.807, 2.05) is 38.1 Å². The van der Waals surface area contributed by atoms with Gasteiger partial charge in [-0.15, -0.1) is 0 Å². The quantitative estimate of drug-likeness (QED) is 0.382. The van der Waals surface area contributed by atoms with Gasteiger partial charge < -0.3 is 15.0 Å². The lowest BCUT2D eigenvalue weighted by Gasteiger charge is -2.33. The van der Waals surface area contributed by atoms with E-state index in [1.165, 1.54) is 17.8 Å². The number of benzene rings is 2. The summed E-state index contributed by atoms with van der Waals surface area (Å²) in [6, 6.07) is 14.4. The number of hydrogen-bond donors (Lipinski definition) is 1. The summed E-state index contributed by atoms with van der Waals surface area (Å²) in [6.07, 6.45) is 7.40. The van der Waals surface area contributed by atoms with Crippen molar-refractivity contribution in [1.82, 2.24) is 10.2 Å². The van der Waals surface area contributed by atoms with E-state index in [4.69, 9.17) is 4.74 Å². The monoisotopic (exact) mass is 557 g/mol. The number of amides is 2. The maximum atomic E-state index is 13.7. The summed E-state index contributed by atoms with van der Waals surface area (Å²) in [5.74, 6) is 0.159. The number of nitrogens with one attached hydrogen (secondary N) is 1. The third-order valence-corrected chi connectivity index (χ3v) is 8.50. The van der Waals surface area contributed by atoms with Gasteiger partial charge in [-0.1, -0.05) is 68.1 Å². The molecule has 1 saturated carbocycles. The van der Waals surface area contributed by atoms with Gasteiger partial charge in [0.2, 0.25) is 21.8 Å². The summed E-state index contributed by atoms with van der Waals surface area (Å²) < 4.78 is 31.9. The summed E-state index contributed by atoms with van der Waals surface area (Å²) in [7, 11) is -2.11. The largest absolute Gasteiger partial charge is 0.495 e. The Morgan fingerprint density at radius 3 is 2.33 bits per heavy atom. The van der Waals surface area contributed by atoms with Gasteiger partial charge in [0.05, 0.1) is 19.1 Å². The number of nitrogens with zero attached hydrogens (tertiary/aromatic N) is 2. The van der Waals surface area contributed by atoms with Gasteiger partial charge in [0.25, 0.3) is 0 Å². The predicted molar refractivity (Wildman–Crippen MR) is 155 cm³/mol. The van der Waals surface area contributed by atoms with Gasteiger partial charge in [0.1, 0.15) is 11.8 Å². The number of sulfonamides is 1. The highest BCUT2D eigenvalue weighted by Crippen LogP contribution is 2.30. The number of ether oxygens (including phenoxy) is 1. The fourth-order valence-corrected chi connectivity index (χ4v) is 6.14. The third-order valence-electron chi connectivity index (χ3n) is 7.32. The molecule has 0 saturated heterocycles. The lowest BCUT2D eigenvalue weighted by Crippen LogP contribution is -2.51. The smallest absolute Gasteiger partial charge is 0.243 e. The van der Waals surface area contributed by atoms with Crippen molar-refractivity contribution in [2.45, 2.75) is 83.8 Å². The second kappa shape index (κ2) is 14.4. The molecule has 1 atom stereocenters. The predicted octanol–water partition coefficient (Wildman–Crippen LogP) is 4.81. The molecule has 0 radical (unpaired) electrons. The van der Waals surface area contributed by atoms with Crippen LogP contribution < -0.4 is 14.4 Å². The number of para-hydroxylation sites is 2. The number of carbonyl (C=O) groups is 2. The summed E-state index contributed by atoms with van der Waals surface area (Å²) >= 11 is 0. The first kappa shape index (κ1) is 30.5. The van der Waals surface area contributed by atoms with Crippen LogP contribution in [-0.4, -0.2) is 57.1 Å². The molecule has 8 nitrogen and oxygen atoms in total. The van der Waals surface area contributed by atoms with Crippen LogP contribution in [0.5, 0.6) is 5.75 Å². The molecule has 214 valence electrons. The molecular formula is C30H43N3O5S. The molecule has 0 aliphatic heterocycles. The lowest BCUT2D eigenvalue weighted by atomic mass is 9.95. The molecule has 0 unspecified atom stereocenters. The van der Waals surface area contributed by atoms with E-state index < -0.39 is 16.1 Å². The Labute approximate surface area is 233 Å². The van der Waals surface area contributed by atoms with Gasteiger partial charge in [-0.05, 0) is 50.3 Å². The Kier molecular flexibility index (Phi) is 11.2. The minimum Gasteiger partial charge on any atom is -0.495 e. The summed E-state index contributed by atoms with van der Waals surface area (Å²) in [5, 5.41) is 3.19. The van der Waals surface area contributed by atoms with E-state index in [0.29, 0.717) is 30.8 Å². The Balaban J connectivity index is 1.77. The van der Waals surface area contributed by atoms with Crippen LogP contribution in [0.25, 0.3) is 0 Å². The second-order valence-corrected chi connectivity index (χ2v) is 12.3. The number of hydrogen-bond acceptors (Lipinski definition) is 5. The summed E-state index contributed by atoms with van der Waals surface area (Å²) in [6.45, 7) is 4.37. The fraction of sp³-hybridized carbons (Fsp3) is 0.533. The highest BCUT2D eigenvalue weighted by Gasteiger charge is 2.30. The molecule has 9 heteroatoms.